The average Bonchev–Trinajstić information content (AvgIpc) is 3.29. The second-order valence-electron chi connectivity index (χ2n) is 14.8. The number of carboxylic acids is 2. The molecule has 0 aliphatic rings. The van der Waals surface area contributed by atoms with Crippen LogP contribution in [0.1, 0.15) is 44.9 Å². The van der Waals surface area contributed by atoms with E-state index >= 15 is 0 Å². The SMILES string of the molecule is NC(=O)C[C@H](N)C(=O)N[C@@H](CS)C(=O)N[C@@H](CS)C(=O)N[C@@H](CS)C(=O)N[C@@H](CS)C(=O)N[C@@H](CCCN=C(N)N)C(=O)N[C@@H](CCCN=C(N)N)C(=O)N[C@@H](CCC(=O)O)C(=O)N[C@@H](CO)C(=O)O. The molecule has 0 aromatic rings. The van der Waals surface area contributed by atoms with Crippen molar-refractivity contribution in [2.45, 2.75) is 99.3 Å². The molecule has 0 radical (unpaired) electrons. The molecular formula is C36H64N16O14S4. The number of carbonyl (C=O) groups is 11. The van der Waals surface area contributed by atoms with Crippen LogP contribution in [0.25, 0.3) is 0 Å². The van der Waals surface area contributed by atoms with Gasteiger partial charge in [0.25, 0.3) is 0 Å². The van der Waals surface area contributed by atoms with E-state index in [1.54, 1.807) is 0 Å². The zero-order valence-electron chi connectivity index (χ0n) is 37.6. The number of rotatable bonds is 35. The van der Waals surface area contributed by atoms with Gasteiger partial charge in [0, 0.05) is 42.5 Å². The van der Waals surface area contributed by atoms with Gasteiger partial charge >= 0.3 is 11.9 Å². The maximum Gasteiger partial charge on any atom is 0.328 e. The van der Waals surface area contributed by atoms with Crippen LogP contribution in [0.2, 0.25) is 0 Å². The first-order valence-electron chi connectivity index (χ1n) is 20.9. The van der Waals surface area contributed by atoms with Gasteiger partial charge in [-0.15, -0.1) is 0 Å². The molecule has 0 saturated carbocycles. The number of primary amides is 1. The summed E-state index contributed by atoms with van der Waals surface area (Å²) >= 11 is 16.4. The smallest absolute Gasteiger partial charge is 0.328 e. The Morgan fingerprint density at radius 1 is 0.443 bits per heavy atom. The van der Waals surface area contributed by atoms with Crippen LogP contribution in [-0.4, -0.2) is 189 Å². The second kappa shape index (κ2) is 34.3. The standard InChI is InChI=1S/C36H64N16O14S4/c37-15(9-24(38)54)26(57)49-20(11-67)31(62)51-22(13-69)33(64)52-23(14-70)32(63)50-21(12-68)30(61)46-17(4-2-8-44-36(41)42)27(58)45-16(3-1-7-43-35(39)40)28(59)47-18(5-6-25(55)56)29(60)48-19(10-53)34(65)66/h15-23,53,67-70H,1-14,37H2,(H2,38,54)(H,45,58)(H,46,61)(H,47,59)(H,48,60)(H,49,57)(H,50,63)(H,51,62)(H,52,64)(H,55,56)(H,65,66)(H4,39,40,43)(H4,41,42,44)/t15-,16-,17-,18-,19-,20-,21-,22-,23-/m0/s1. The first-order valence-corrected chi connectivity index (χ1v) is 23.4. The van der Waals surface area contributed by atoms with E-state index in [0.717, 1.165) is 0 Å². The van der Waals surface area contributed by atoms with E-state index in [1.807, 2.05) is 5.32 Å². The van der Waals surface area contributed by atoms with Gasteiger partial charge in [0.05, 0.1) is 19.1 Å². The normalized spacial score (nSPS) is 14.6. The number of nitrogens with one attached hydrogen (secondary N) is 8. The third kappa shape index (κ3) is 25.6. The van der Waals surface area contributed by atoms with Crippen LogP contribution in [0.15, 0.2) is 9.98 Å². The molecule has 0 rings (SSSR count). The summed E-state index contributed by atoms with van der Waals surface area (Å²) in [5.41, 5.74) is 32.3. The number of aliphatic imine (C=N–C) groups is 2. The number of aliphatic hydroxyl groups is 1. The largest absolute Gasteiger partial charge is 0.481 e. The number of hydrogen-bond acceptors (Lipinski definition) is 19. The zero-order valence-corrected chi connectivity index (χ0v) is 41.2. The maximum atomic E-state index is 14.0. The van der Waals surface area contributed by atoms with Gasteiger partial charge in [0.15, 0.2) is 11.9 Å². The van der Waals surface area contributed by atoms with Crippen molar-refractivity contribution in [2.24, 2.45) is 44.4 Å². The van der Waals surface area contributed by atoms with E-state index in [-0.39, 0.29) is 68.0 Å². The molecule has 0 unspecified atom stereocenters. The number of amides is 9. The minimum absolute atomic E-state index is 0.0241. The van der Waals surface area contributed by atoms with Crippen LogP contribution in [0.4, 0.5) is 0 Å². The lowest BCUT2D eigenvalue weighted by atomic mass is 10.0. The summed E-state index contributed by atoms with van der Waals surface area (Å²) in [5.74, 6) is -13.8. The summed E-state index contributed by atoms with van der Waals surface area (Å²) in [7, 11) is 0. The lowest BCUT2D eigenvalue weighted by Crippen LogP contribution is -2.61. The Labute approximate surface area is 423 Å². The quantitative estimate of drug-likeness (QED) is 0.0121. The fraction of sp³-hybridized carbons (Fsp3) is 0.639. The molecule has 0 aliphatic carbocycles. The Morgan fingerprint density at radius 2 is 0.729 bits per heavy atom. The maximum absolute atomic E-state index is 14.0. The summed E-state index contributed by atoms with van der Waals surface area (Å²) in [4.78, 5) is 148. The Morgan fingerprint density at radius 3 is 1.00 bits per heavy atom. The van der Waals surface area contributed by atoms with Crippen LogP contribution in [0, 0.1) is 0 Å². The molecule has 0 heterocycles. The van der Waals surface area contributed by atoms with E-state index in [0.29, 0.717) is 0 Å². The number of thiol groups is 4. The molecule has 0 aliphatic heterocycles. The number of guanidine groups is 2. The van der Waals surface area contributed by atoms with Gasteiger partial charge < -0.3 is 92.3 Å². The molecule has 0 aromatic heterocycles. The first kappa shape index (κ1) is 64.0. The minimum atomic E-state index is -1.82. The fourth-order valence-corrected chi connectivity index (χ4v) is 6.57. The van der Waals surface area contributed by atoms with Crippen molar-refractivity contribution in [2.75, 3.05) is 42.7 Å². The third-order valence-corrected chi connectivity index (χ3v) is 10.7. The first-order chi connectivity index (χ1) is 32.8. The van der Waals surface area contributed by atoms with E-state index < -0.39 is 151 Å². The number of nitrogens with two attached hydrogens (primary N) is 6. The van der Waals surface area contributed by atoms with Gasteiger partial charge in [-0.05, 0) is 32.1 Å². The van der Waals surface area contributed by atoms with Crippen molar-refractivity contribution in [1.29, 1.82) is 0 Å². The molecule has 70 heavy (non-hydrogen) atoms. The lowest BCUT2D eigenvalue weighted by molar-refractivity contribution is -0.144. The molecule has 0 saturated heterocycles. The van der Waals surface area contributed by atoms with Crippen LogP contribution < -0.4 is 76.9 Å². The highest BCUT2D eigenvalue weighted by Crippen LogP contribution is 2.08. The Hall–Kier alpha value is -5.97. The fourth-order valence-electron chi connectivity index (χ4n) is 5.54. The molecule has 30 nitrogen and oxygen atoms in total. The summed E-state index contributed by atoms with van der Waals surface area (Å²) in [5, 5.41) is 46.5. The molecule has 34 heteroatoms. The van der Waals surface area contributed by atoms with E-state index in [4.69, 9.17) is 34.4 Å². The van der Waals surface area contributed by atoms with E-state index in [1.165, 1.54) is 0 Å². The van der Waals surface area contributed by atoms with Crippen molar-refractivity contribution < 1.29 is 68.1 Å². The van der Waals surface area contributed by atoms with Gasteiger partial charge in [-0.1, -0.05) is 0 Å². The lowest BCUT2D eigenvalue weighted by Gasteiger charge is -2.27. The van der Waals surface area contributed by atoms with Crippen molar-refractivity contribution in [3.05, 3.63) is 0 Å². The molecule has 396 valence electrons. The van der Waals surface area contributed by atoms with E-state index in [9.17, 15) is 68.1 Å². The second-order valence-corrected chi connectivity index (χ2v) is 16.3. The van der Waals surface area contributed by atoms with Gasteiger partial charge in [-0.25, -0.2) is 4.79 Å². The minimum Gasteiger partial charge on any atom is -0.481 e. The number of hydrogen-bond donors (Lipinski definition) is 21. The molecule has 23 N–H and O–H groups in total. The molecule has 9 amide bonds. The van der Waals surface area contributed by atoms with Crippen molar-refractivity contribution in [3.63, 3.8) is 0 Å². The van der Waals surface area contributed by atoms with Crippen LogP contribution in [-0.2, 0) is 52.7 Å². The van der Waals surface area contributed by atoms with Gasteiger partial charge in [0.2, 0.25) is 53.2 Å². The summed E-state index contributed by atoms with van der Waals surface area (Å²) in [6.45, 7) is -1.16. The van der Waals surface area contributed by atoms with Gasteiger partial charge in [-0.3, -0.25) is 57.9 Å². The Balaban J connectivity index is 6.43. The summed E-state index contributed by atoms with van der Waals surface area (Å²) in [6.07, 6.45) is -2.12. The van der Waals surface area contributed by atoms with Gasteiger partial charge in [-0.2, -0.15) is 50.5 Å². The Kier molecular flexibility index (Phi) is 31.4. The number of carboxylic acid groups (broad SMARTS) is 2. The Bertz CT molecular complexity index is 1900. The topological polar surface area (TPSA) is 526 Å². The molecule has 0 fully saturated rings. The van der Waals surface area contributed by atoms with Crippen molar-refractivity contribution in [1.82, 2.24) is 42.5 Å². The molecule has 0 bridgehead atoms. The number of nitrogens with zero attached hydrogens (tertiary/aromatic N) is 2. The number of aliphatic hydroxyl groups excluding tert-OH is 1. The van der Waals surface area contributed by atoms with Crippen LogP contribution in [0.5, 0.6) is 0 Å². The van der Waals surface area contributed by atoms with Crippen molar-refractivity contribution in [3.8, 4) is 0 Å². The molecule has 0 spiro atoms. The predicted molar refractivity (Wildman–Crippen MR) is 264 cm³/mol. The number of carbonyl (C=O) groups excluding carboxylic acids is 9. The van der Waals surface area contributed by atoms with Crippen LogP contribution in [0.3, 0.4) is 0 Å². The molecule has 0 aromatic carbocycles. The van der Waals surface area contributed by atoms with Crippen molar-refractivity contribution >= 4 is 128 Å². The monoisotopic (exact) mass is 1070 g/mol. The molecular weight excluding hydrogens is 1010 g/mol. The highest BCUT2D eigenvalue weighted by molar-refractivity contribution is 7.80. The highest BCUT2D eigenvalue weighted by Gasteiger charge is 2.34. The molecule has 9 atom stereocenters. The highest BCUT2D eigenvalue weighted by atomic mass is 32.1. The van der Waals surface area contributed by atoms with Crippen LogP contribution >= 0.6 is 50.5 Å². The number of aliphatic carboxylic acids is 2. The predicted octanol–water partition coefficient (Wildman–Crippen LogP) is -9.16. The third-order valence-electron chi connectivity index (χ3n) is 9.25. The average molecular weight is 1070 g/mol. The zero-order chi connectivity index (χ0) is 53.7. The van der Waals surface area contributed by atoms with Gasteiger partial charge in [0.1, 0.15) is 48.3 Å². The summed E-state index contributed by atoms with van der Waals surface area (Å²) in [6, 6.07) is -13.7. The summed E-state index contributed by atoms with van der Waals surface area (Å²) < 4.78 is 0. The van der Waals surface area contributed by atoms with E-state index in [2.05, 4.69) is 97.7 Å².